The van der Waals surface area contributed by atoms with Gasteiger partial charge in [0.1, 0.15) is 0 Å². The molecule has 1 aliphatic heterocycles. The van der Waals surface area contributed by atoms with E-state index in [1.165, 1.54) is 0 Å². The predicted octanol–water partition coefficient (Wildman–Crippen LogP) is 3.72. The number of carbonyl (C=O) groups excluding carboxylic acids is 3. The highest BCUT2D eigenvalue weighted by Gasteiger charge is 2.23. The lowest BCUT2D eigenvalue weighted by atomic mass is 10.2. The van der Waals surface area contributed by atoms with E-state index in [-0.39, 0.29) is 5.91 Å². The van der Waals surface area contributed by atoms with E-state index in [9.17, 15) is 14.4 Å². The van der Waals surface area contributed by atoms with Crippen molar-refractivity contribution < 1.29 is 19.1 Å². The largest absolute Gasteiger partial charge is 0.452 e. The average molecular weight is 447 g/mol. The van der Waals surface area contributed by atoms with E-state index in [0.717, 1.165) is 23.4 Å². The Labute approximate surface area is 192 Å². The standard InChI is InChI=1S/C25H26N4O4/c1-16-9-11-20(12-10-16)29-18(3)24(17(2)27-29)26-22(30)15-33-25(32)19-6-4-7-21(14-19)28-13-5-8-23(28)31/h4,6-7,9-12,14H,5,8,13,15H2,1-3H3,(H,26,30). The van der Waals surface area contributed by atoms with Crippen LogP contribution in [0.1, 0.15) is 40.2 Å². The van der Waals surface area contributed by atoms with Crippen LogP contribution in [0.2, 0.25) is 0 Å². The Morgan fingerprint density at radius 1 is 1.06 bits per heavy atom. The number of anilines is 2. The number of carbonyl (C=O) groups is 3. The second-order valence-corrected chi connectivity index (χ2v) is 8.12. The van der Waals surface area contributed by atoms with Crippen molar-refractivity contribution in [1.29, 1.82) is 0 Å². The number of rotatable bonds is 6. The van der Waals surface area contributed by atoms with Crippen LogP contribution in [0, 0.1) is 20.8 Å². The molecular weight excluding hydrogens is 420 g/mol. The lowest BCUT2D eigenvalue weighted by Crippen LogP contribution is -2.24. The second-order valence-electron chi connectivity index (χ2n) is 8.12. The molecule has 2 aromatic carbocycles. The molecule has 2 heterocycles. The van der Waals surface area contributed by atoms with Crippen LogP contribution in [-0.2, 0) is 14.3 Å². The quantitative estimate of drug-likeness (QED) is 0.583. The maximum Gasteiger partial charge on any atom is 0.338 e. The van der Waals surface area contributed by atoms with E-state index in [2.05, 4.69) is 10.4 Å². The number of benzene rings is 2. The molecule has 8 heteroatoms. The molecule has 33 heavy (non-hydrogen) atoms. The highest BCUT2D eigenvalue weighted by molar-refractivity contribution is 5.99. The summed E-state index contributed by atoms with van der Waals surface area (Å²) in [5.74, 6) is -1.04. The first-order chi connectivity index (χ1) is 15.8. The molecule has 0 bridgehead atoms. The van der Waals surface area contributed by atoms with Crippen molar-refractivity contribution in [2.24, 2.45) is 0 Å². The summed E-state index contributed by atoms with van der Waals surface area (Å²) in [6.45, 7) is 5.90. The lowest BCUT2D eigenvalue weighted by molar-refractivity contribution is -0.119. The minimum absolute atomic E-state index is 0.0387. The topological polar surface area (TPSA) is 93.5 Å². The highest BCUT2D eigenvalue weighted by atomic mass is 16.5. The van der Waals surface area contributed by atoms with Crippen molar-refractivity contribution >= 4 is 29.2 Å². The first kappa shape index (κ1) is 22.3. The number of amides is 2. The molecule has 8 nitrogen and oxygen atoms in total. The van der Waals surface area contributed by atoms with Crippen LogP contribution in [-0.4, -0.2) is 40.7 Å². The molecule has 1 aliphatic rings. The van der Waals surface area contributed by atoms with Crippen molar-refractivity contribution in [2.45, 2.75) is 33.6 Å². The molecule has 0 atom stereocenters. The van der Waals surface area contributed by atoms with Crippen LogP contribution in [0.15, 0.2) is 48.5 Å². The molecule has 1 saturated heterocycles. The van der Waals surface area contributed by atoms with Crippen LogP contribution in [0.4, 0.5) is 11.4 Å². The summed E-state index contributed by atoms with van der Waals surface area (Å²) in [5, 5.41) is 7.32. The first-order valence-electron chi connectivity index (χ1n) is 10.8. The molecule has 4 rings (SSSR count). The highest BCUT2D eigenvalue weighted by Crippen LogP contribution is 2.24. The van der Waals surface area contributed by atoms with Crippen LogP contribution in [0.5, 0.6) is 0 Å². The molecule has 0 aliphatic carbocycles. The van der Waals surface area contributed by atoms with Gasteiger partial charge in [0.15, 0.2) is 6.61 Å². The van der Waals surface area contributed by atoms with Crippen LogP contribution in [0.25, 0.3) is 5.69 Å². The zero-order chi connectivity index (χ0) is 23.5. The van der Waals surface area contributed by atoms with Gasteiger partial charge in [0.2, 0.25) is 5.91 Å². The fraction of sp³-hybridized carbons (Fsp3) is 0.280. The molecule has 1 aromatic heterocycles. The summed E-state index contributed by atoms with van der Waals surface area (Å²) in [6.07, 6.45) is 1.31. The summed E-state index contributed by atoms with van der Waals surface area (Å²) in [7, 11) is 0. The molecule has 1 N–H and O–H groups in total. The number of aromatic nitrogens is 2. The van der Waals surface area contributed by atoms with Gasteiger partial charge in [0, 0.05) is 18.7 Å². The average Bonchev–Trinajstić information content (AvgIpc) is 3.36. The first-order valence-corrected chi connectivity index (χ1v) is 10.8. The molecule has 0 spiro atoms. The summed E-state index contributed by atoms with van der Waals surface area (Å²) < 4.78 is 6.97. The van der Waals surface area contributed by atoms with Crippen molar-refractivity contribution in [3.8, 4) is 5.69 Å². The second kappa shape index (κ2) is 9.28. The molecule has 2 amide bonds. The molecular formula is C25H26N4O4. The van der Waals surface area contributed by atoms with E-state index in [1.54, 1.807) is 33.8 Å². The Hall–Kier alpha value is -3.94. The van der Waals surface area contributed by atoms with Crippen molar-refractivity contribution in [2.75, 3.05) is 23.4 Å². The Morgan fingerprint density at radius 2 is 1.82 bits per heavy atom. The van der Waals surface area contributed by atoms with Gasteiger partial charge >= 0.3 is 5.97 Å². The van der Waals surface area contributed by atoms with E-state index in [0.29, 0.717) is 35.6 Å². The minimum Gasteiger partial charge on any atom is -0.452 e. The third kappa shape index (κ3) is 4.79. The maximum atomic E-state index is 12.5. The van der Waals surface area contributed by atoms with Crippen LogP contribution >= 0.6 is 0 Å². The number of ether oxygens (including phenoxy) is 1. The number of hydrogen-bond donors (Lipinski definition) is 1. The minimum atomic E-state index is -0.623. The molecule has 170 valence electrons. The van der Waals surface area contributed by atoms with Gasteiger partial charge in [-0.2, -0.15) is 5.10 Å². The maximum absolute atomic E-state index is 12.5. The summed E-state index contributed by atoms with van der Waals surface area (Å²) in [4.78, 5) is 38.6. The van der Waals surface area contributed by atoms with Crippen molar-refractivity contribution in [3.05, 3.63) is 71.0 Å². The van der Waals surface area contributed by atoms with E-state index >= 15 is 0 Å². The van der Waals surface area contributed by atoms with E-state index in [1.807, 2.05) is 45.0 Å². The monoisotopic (exact) mass is 446 g/mol. The number of aryl methyl sites for hydroxylation is 2. The number of esters is 1. The van der Waals surface area contributed by atoms with Crippen molar-refractivity contribution in [1.82, 2.24) is 9.78 Å². The SMILES string of the molecule is Cc1ccc(-n2nc(C)c(NC(=O)COC(=O)c3cccc(N4CCCC4=O)c3)c2C)cc1. The molecule has 0 saturated carbocycles. The lowest BCUT2D eigenvalue weighted by Gasteiger charge is -2.16. The Balaban J connectivity index is 1.39. The van der Waals surface area contributed by atoms with Gasteiger partial charge in [-0.15, -0.1) is 0 Å². The van der Waals surface area contributed by atoms with E-state index in [4.69, 9.17) is 4.74 Å². The van der Waals surface area contributed by atoms with Gasteiger partial charge in [-0.1, -0.05) is 23.8 Å². The molecule has 1 fully saturated rings. The molecule has 0 unspecified atom stereocenters. The Kier molecular flexibility index (Phi) is 6.26. The zero-order valence-corrected chi connectivity index (χ0v) is 18.9. The van der Waals surface area contributed by atoms with Crippen LogP contribution in [0.3, 0.4) is 0 Å². The Morgan fingerprint density at radius 3 is 2.52 bits per heavy atom. The van der Waals surface area contributed by atoms with E-state index < -0.39 is 18.5 Å². The normalized spacial score (nSPS) is 13.3. The summed E-state index contributed by atoms with van der Waals surface area (Å²) in [5.41, 5.74) is 5.02. The molecule has 3 aromatic rings. The zero-order valence-electron chi connectivity index (χ0n) is 18.9. The predicted molar refractivity (Wildman–Crippen MR) is 125 cm³/mol. The molecule has 0 radical (unpaired) electrons. The van der Waals surface area contributed by atoms with Gasteiger partial charge in [-0.3, -0.25) is 9.59 Å². The van der Waals surface area contributed by atoms with Gasteiger partial charge in [0.05, 0.1) is 28.3 Å². The fourth-order valence-corrected chi connectivity index (χ4v) is 3.87. The summed E-state index contributed by atoms with van der Waals surface area (Å²) in [6, 6.07) is 14.6. The smallest absolute Gasteiger partial charge is 0.338 e. The number of nitrogens with one attached hydrogen (secondary N) is 1. The Bertz CT molecular complexity index is 1210. The number of nitrogens with zero attached hydrogens (tertiary/aromatic N) is 3. The van der Waals surface area contributed by atoms with Gasteiger partial charge in [-0.05, 0) is 57.5 Å². The summed E-state index contributed by atoms with van der Waals surface area (Å²) >= 11 is 0. The van der Waals surface area contributed by atoms with Crippen molar-refractivity contribution in [3.63, 3.8) is 0 Å². The van der Waals surface area contributed by atoms with Crippen LogP contribution < -0.4 is 10.2 Å². The third-order valence-electron chi connectivity index (χ3n) is 5.64. The van der Waals surface area contributed by atoms with Gasteiger partial charge in [-0.25, -0.2) is 9.48 Å². The fourth-order valence-electron chi connectivity index (χ4n) is 3.87. The number of hydrogen-bond acceptors (Lipinski definition) is 5. The third-order valence-corrected chi connectivity index (χ3v) is 5.64. The van der Waals surface area contributed by atoms with Gasteiger partial charge < -0.3 is 15.0 Å². The van der Waals surface area contributed by atoms with Gasteiger partial charge in [0.25, 0.3) is 5.91 Å².